The Kier molecular flexibility index (Phi) is 9.32. The summed E-state index contributed by atoms with van der Waals surface area (Å²) in [5.74, 6) is 1.46. The second-order valence-electron chi connectivity index (χ2n) is 8.57. The molecule has 3 aromatic rings. The minimum atomic E-state index is -3.24. The van der Waals surface area contributed by atoms with E-state index in [2.05, 4.69) is 6.92 Å². The van der Waals surface area contributed by atoms with E-state index in [4.69, 9.17) is 9.47 Å². The van der Waals surface area contributed by atoms with Crippen molar-refractivity contribution in [3.63, 3.8) is 0 Å². The lowest BCUT2D eigenvalue weighted by Gasteiger charge is -2.30. The average molecular weight is 496 g/mol. The quantitative estimate of drug-likeness (QED) is 0.334. The van der Waals surface area contributed by atoms with Crippen molar-refractivity contribution in [2.24, 2.45) is 0 Å². The molecule has 0 heterocycles. The van der Waals surface area contributed by atoms with Gasteiger partial charge in [0.15, 0.2) is 9.84 Å². The van der Waals surface area contributed by atoms with Gasteiger partial charge in [0, 0.05) is 25.3 Å². The maximum absolute atomic E-state index is 13.3. The highest BCUT2D eigenvalue weighted by Gasteiger charge is 2.21. The second kappa shape index (κ2) is 12.4. The zero-order valence-electron chi connectivity index (χ0n) is 20.5. The third-order valence-corrected chi connectivity index (χ3v) is 6.94. The molecule has 0 aliphatic rings. The minimum absolute atomic E-state index is 0.0246. The Labute approximate surface area is 208 Å². The lowest BCUT2D eigenvalue weighted by Crippen LogP contribution is -2.39. The van der Waals surface area contributed by atoms with E-state index in [1.165, 1.54) is 18.4 Å². The average Bonchev–Trinajstić information content (AvgIpc) is 2.85. The van der Waals surface area contributed by atoms with Crippen LogP contribution in [0.3, 0.4) is 0 Å². The van der Waals surface area contributed by atoms with Gasteiger partial charge in [0.1, 0.15) is 11.5 Å². The summed E-state index contributed by atoms with van der Waals surface area (Å²) in [6.07, 6.45) is 2.76. The minimum Gasteiger partial charge on any atom is -0.496 e. The maximum Gasteiger partial charge on any atom is 0.223 e. The topological polar surface area (TPSA) is 72.9 Å². The molecule has 0 bridgehead atoms. The van der Waals surface area contributed by atoms with E-state index in [-0.39, 0.29) is 16.8 Å². The third-order valence-electron chi connectivity index (χ3n) is 5.81. The Morgan fingerprint density at radius 1 is 0.943 bits per heavy atom. The number of carbonyl (C=O) groups is 1. The molecule has 0 saturated heterocycles. The summed E-state index contributed by atoms with van der Waals surface area (Å²) in [5, 5.41) is 0. The molecular formula is C28H33NO5S. The Hall–Kier alpha value is -3.32. The predicted molar refractivity (Wildman–Crippen MR) is 137 cm³/mol. The Balaban J connectivity index is 1.61. The zero-order chi connectivity index (χ0) is 25.3. The van der Waals surface area contributed by atoms with Crippen molar-refractivity contribution in [1.82, 2.24) is 4.90 Å². The van der Waals surface area contributed by atoms with Gasteiger partial charge in [-0.1, -0.05) is 48.5 Å². The number of amides is 1. The lowest BCUT2D eigenvalue weighted by molar-refractivity contribution is -0.134. The van der Waals surface area contributed by atoms with Gasteiger partial charge >= 0.3 is 0 Å². The van der Waals surface area contributed by atoms with Crippen LogP contribution in [-0.4, -0.2) is 45.2 Å². The number of carbonyl (C=O) groups excluding carboxylic acids is 1. The fourth-order valence-corrected chi connectivity index (χ4v) is 4.54. The largest absolute Gasteiger partial charge is 0.496 e. The van der Waals surface area contributed by atoms with E-state index < -0.39 is 9.84 Å². The smallest absolute Gasteiger partial charge is 0.223 e. The highest BCUT2D eigenvalue weighted by atomic mass is 32.2. The molecule has 1 amide bonds. The summed E-state index contributed by atoms with van der Waals surface area (Å²) in [6.45, 7) is 2.96. The molecule has 3 aromatic carbocycles. The van der Waals surface area contributed by atoms with E-state index in [0.717, 1.165) is 16.9 Å². The molecule has 0 aromatic heterocycles. The van der Waals surface area contributed by atoms with Gasteiger partial charge in [0.25, 0.3) is 0 Å². The second-order valence-corrected chi connectivity index (χ2v) is 10.6. The van der Waals surface area contributed by atoms with Gasteiger partial charge in [-0.2, -0.15) is 0 Å². The van der Waals surface area contributed by atoms with Gasteiger partial charge < -0.3 is 14.4 Å². The highest BCUT2D eigenvalue weighted by molar-refractivity contribution is 7.90. The summed E-state index contributed by atoms with van der Waals surface area (Å²) in [4.78, 5) is 15.4. The van der Waals surface area contributed by atoms with E-state index in [1.807, 2.05) is 59.5 Å². The predicted octanol–water partition coefficient (Wildman–Crippen LogP) is 4.92. The van der Waals surface area contributed by atoms with Crippen LogP contribution in [-0.2, 0) is 27.6 Å². The first-order chi connectivity index (χ1) is 16.8. The number of benzene rings is 3. The van der Waals surface area contributed by atoms with Crippen LogP contribution in [0.15, 0.2) is 83.8 Å². The van der Waals surface area contributed by atoms with Gasteiger partial charge in [-0.15, -0.1) is 0 Å². The molecule has 1 unspecified atom stereocenters. The SMILES string of the molecule is COc1ccccc1CC(C)N(Cc1ccccc1)C(=O)CCCOc1ccc(S(C)(=O)=O)cc1. The Bertz CT molecular complexity index is 1190. The van der Waals surface area contributed by atoms with Crippen molar-refractivity contribution in [3.8, 4) is 11.5 Å². The van der Waals surface area contributed by atoms with Crippen molar-refractivity contribution >= 4 is 15.7 Å². The van der Waals surface area contributed by atoms with Gasteiger partial charge in [-0.05, 0) is 61.2 Å². The van der Waals surface area contributed by atoms with Crippen LogP contribution in [0, 0.1) is 0 Å². The molecule has 0 saturated carbocycles. The highest BCUT2D eigenvalue weighted by Crippen LogP contribution is 2.22. The van der Waals surface area contributed by atoms with Crippen LogP contribution in [0.2, 0.25) is 0 Å². The molecule has 7 heteroatoms. The summed E-state index contributed by atoms with van der Waals surface area (Å²) >= 11 is 0. The number of hydrogen-bond acceptors (Lipinski definition) is 5. The number of rotatable bonds is 12. The van der Waals surface area contributed by atoms with Crippen LogP contribution < -0.4 is 9.47 Å². The molecule has 0 N–H and O–H groups in total. The van der Waals surface area contributed by atoms with E-state index in [0.29, 0.717) is 38.2 Å². The van der Waals surface area contributed by atoms with Crippen molar-refractivity contribution in [2.75, 3.05) is 20.0 Å². The van der Waals surface area contributed by atoms with Crippen LogP contribution in [0.1, 0.15) is 30.9 Å². The molecular weight excluding hydrogens is 462 g/mol. The van der Waals surface area contributed by atoms with Gasteiger partial charge in [-0.3, -0.25) is 4.79 Å². The number of ether oxygens (including phenoxy) is 2. The summed E-state index contributed by atoms with van der Waals surface area (Å²) < 4.78 is 34.4. The van der Waals surface area contributed by atoms with E-state index in [1.54, 1.807) is 19.2 Å². The molecule has 6 nitrogen and oxygen atoms in total. The summed E-state index contributed by atoms with van der Waals surface area (Å²) in [7, 11) is -1.58. The normalized spacial score (nSPS) is 12.1. The number of para-hydroxylation sites is 1. The van der Waals surface area contributed by atoms with Crippen LogP contribution in [0.5, 0.6) is 11.5 Å². The van der Waals surface area contributed by atoms with Gasteiger partial charge in [0.05, 0.1) is 18.6 Å². The zero-order valence-corrected chi connectivity index (χ0v) is 21.3. The molecule has 0 aliphatic heterocycles. The number of hydrogen-bond donors (Lipinski definition) is 0. The Morgan fingerprint density at radius 2 is 1.60 bits per heavy atom. The first-order valence-electron chi connectivity index (χ1n) is 11.7. The van der Waals surface area contributed by atoms with Gasteiger partial charge in [0.2, 0.25) is 5.91 Å². The third kappa shape index (κ3) is 7.86. The van der Waals surface area contributed by atoms with Crippen molar-refractivity contribution in [2.45, 2.75) is 43.7 Å². The van der Waals surface area contributed by atoms with Crippen molar-refractivity contribution in [1.29, 1.82) is 0 Å². The molecule has 0 fully saturated rings. The molecule has 1 atom stereocenters. The molecule has 35 heavy (non-hydrogen) atoms. The standard InChI is InChI=1S/C28H33NO5S/c1-22(20-24-12-7-8-13-27(24)33-2)29(21-23-10-5-4-6-11-23)28(30)14-9-19-34-25-15-17-26(18-16-25)35(3,31)32/h4-8,10-13,15-18,22H,9,14,19-21H2,1-3H3. The number of methoxy groups -OCH3 is 1. The molecule has 0 spiro atoms. The summed E-state index contributed by atoms with van der Waals surface area (Å²) in [5.41, 5.74) is 2.14. The fraction of sp³-hybridized carbons (Fsp3) is 0.321. The van der Waals surface area contributed by atoms with E-state index in [9.17, 15) is 13.2 Å². The fourth-order valence-electron chi connectivity index (χ4n) is 3.91. The molecule has 186 valence electrons. The first-order valence-corrected chi connectivity index (χ1v) is 13.6. The Morgan fingerprint density at radius 3 is 2.26 bits per heavy atom. The lowest BCUT2D eigenvalue weighted by atomic mass is 10.0. The summed E-state index contributed by atoms with van der Waals surface area (Å²) in [6, 6.07) is 24.2. The monoisotopic (exact) mass is 495 g/mol. The molecule has 3 rings (SSSR count). The van der Waals surface area contributed by atoms with Crippen LogP contribution >= 0.6 is 0 Å². The van der Waals surface area contributed by atoms with Crippen LogP contribution in [0.4, 0.5) is 0 Å². The van der Waals surface area contributed by atoms with Gasteiger partial charge in [-0.25, -0.2) is 8.42 Å². The first kappa shape index (κ1) is 26.3. The van der Waals surface area contributed by atoms with Crippen molar-refractivity contribution < 1.29 is 22.7 Å². The number of sulfone groups is 1. The maximum atomic E-state index is 13.3. The van der Waals surface area contributed by atoms with Crippen molar-refractivity contribution in [3.05, 3.63) is 90.0 Å². The van der Waals surface area contributed by atoms with Crippen LogP contribution in [0.25, 0.3) is 0 Å². The molecule has 0 radical (unpaired) electrons. The number of nitrogens with zero attached hydrogens (tertiary/aromatic N) is 1. The molecule has 0 aliphatic carbocycles. The van der Waals surface area contributed by atoms with E-state index >= 15 is 0 Å².